The van der Waals surface area contributed by atoms with Crippen LogP contribution in [0.1, 0.15) is 21.5 Å². The average molecular weight is 417 g/mol. The monoisotopic (exact) mass is 417 g/mol. The molecular formula is C21H18F3N3O3. The van der Waals surface area contributed by atoms with E-state index in [1.54, 1.807) is 37.4 Å². The van der Waals surface area contributed by atoms with E-state index >= 15 is 0 Å². The second-order valence-electron chi connectivity index (χ2n) is 7.46. The molecule has 4 rings (SSSR count). The number of rotatable bonds is 4. The van der Waals surface area contributed by atoms with Gasteiger partial charge in [-0.1, -0.05) is 30.3 Å². The first-order valence-electron chi connectivity index (χ1n) is 9.26. The predicted octanol–water partition coefficient (Wildman–Crippen LogP) is 3.27. The first-order valence-corrected chi connectivity index (χ1v) is 9.26. The third kappa shape index (κ3) is 3.74. The molecule has 9 heteroatoms. The topological polar surface area (TPSA) is 60.9 Å². The van der Waals surface area contributed by atoms with Crippen molar-refractivity contribution in [3.8, 4) is 11.1 Å². The Morgan fingerprint density at radius 1 is 0.933 bits per heavy atom. The summed E-state index contributed by atoms with van der Waals surface area (Å²) in [6.07, 6.45) is -4.44. The molecule has 2 aromatic rings. The van der Waals surface area contributed by atoms with Gasteiger partial charge < -0.3 is 9.80 Å². The van der Waals surface area contributed by atoms with Gasteiger partial charge in [0.25, 0.3) is 11.8 Å². The van der Waals surface area contributed by atoms with Crippen molar-refractivity contribution >= 4 is 17.8 Å². The van der Waals surface area contributed by atoms with Crippen molar-refractivity contribution < 1.29 is 27.6 Å². The number of carbonyl (C=O) groups is 3. The van der Waals surface area contributed by atoms with Gasteiger partial charge in [0.05, 0.1) is 6.54 Å². The maximum Gasteiger partial charge on any atom is 0.406 e. The summed E-state index contributed by atoms with van der Waals surface area (Å²) in [7, 11) is 1.57. The van der Waals surface area contributed by atoms with Crippen molar-refractivity contribution in [3.63, 3.8) is 0 Å². The van der Waals surface area contributed by atoms with E-state index < -0.39 is 18.6 Å². The largest absolute Gasteiger partial charge is 0.406 e. The highest BCUT2D eigenvalue weighted by atomic mass is 19.4. The molecule has 2 aliphatic rings. The lowest BCUT2D eigenvalue weighted by Gasteiger charge is -2.17. The highest BCUT2D eigenvalue weighted by Gasteiger charge is 2.37. The minimum atomic E-state index is -4.44. The number of likely N-dealkylation sites (N-methyl/N-ethyl adjacent to an activating group) is 1. The molecule has 4 amide bonds. The fraction of sp³-hybridized carbons (Fsp3) is 0.286. The van der Waals surface area contributed by atoms with Crippen molar-refractivity contribution in [1.82, 2.24) is 14.7 Å². The lowest BCUT2D eigenvalue weighted by molar-refractivity contribution is -0.141. The Morgan fingerprint density at radius 2 is 1.60 bits per heavy atom. The van der Waals surface area contributed by atoms with Gasteiger partial charge in [-0.2, -0.15) is 13.2 Å². The molecule has 0 unspecified atom stereocenters. The van der Waals surface area contributed by atoms with E-state index in [4.69, 9.17) is 0 Å². The maximum atomic E-state index is 12.7. The number of benzene rings is 2. The summed E-state index contributed by atoms with van der Waals surface area (Å²) in [5.74, 6) is -0.868. The lowest BCUT2D eigenvalue weighted by Crippen LogP contribution is -2.34. The molecule has 2 aromatic carbocycles. The van der Waals surface area contributed by atoms with Crippen LogP contribution in [0.3, 0.4) is 0 Å². The Kier molecular flexibility index (Phi) is 4.76. The first kappa shape index (κ1) is 19.9. The maximum absolute atomic E-state index is 12.7. The van der Waals surface area contributed by atoms with Gasteiger partial charge in [-0.05, 0) is 34.4 Å². The molecule has 0 spiro atoms. The highest BCUT2D eigenvalue weighted by molar-refractivity contribution is 6.01. The van der Waals surface area contributed by atoms with Crippen molar-refractivity contribution in [2.45, 2.75) is 19.3 Å². The quantitative estimate of drug-likeness (QED) is 0.718. The van der Waals surface area contributed by atoms with E-state index in [0.717, 1.165) is 21.6 Å². The average Bonchev–Trinajstić information content (AvgIpc) is 3.11. The first-order chi connectivity index (χ1) is 14.1. The summed E-state index contributed by atoms with van der Waals surface area (Å²) in [6, 6.07) is 11.9. The molecule has 0 saturated carbocycles. The Bertz CT molecular complexity index is 1030. The second kappa shape index (κ2) is 7.16. The number of halogens is 3. The number of urea groups is 1. The number of hydrogen-bond donors (Lipinski definition) is 0. The molecule has 30 heavy (non-hydrogen) atoms. The molecule has 2 heterocycles. The molecule has 0 radical (unpaired) electrons. The minimum absolute atomic E-state index is 0.0656. The van der Waals surface area contributed by atoms with Gasteiger partial charge in [-0.3, -0.25) is 14.5 Å². The van der Waals surface area contributed by atoms with E-state index in [1.807, 2.05) is 12.1 Å². The fourth-order valence-electron chi connectivity index (χ4n) is 3.71. The molecule has 1 fully saturated rings. The number of imide groups is 1. The molecule has 0 bridgehead atoms. The zero-order valence-electron chi connectivity index (χ0n) is 16.1. The molecule has 0 atom stereocenters. The van der Waals surface area contributed by atoms with Gasteiger partial charge >= 0.3 is 12.2 Å². The van der Waals surface area contributed by atoms with E-state index in [2.05, 4.69) is 0 Å². The SMILES string of the molecule is CN1CC(=O)N(Cc2ccc(-c3ccc4c(c3)CN(CC(F)(F)F)C4=O)cc2)C1=O. The van der Waals surface area contributed by atoms with Gasteiger partial charge in [-0.25, -0.2) is 4.79 Å². The van der Waals surface area contributed by atoms with Crippen LogP contribution in [0.2, 0.25) is 0 Å². The van der Waals surface area contributed by atoms with Gasteiger partial charge in [0.15, 0.2) is 0 Å². The molecule has 1 saturated heterocycles. The zero-order valence-corrected chi connectivity index (χ0v) is 16.1. The van der Waals surface area contributed by atoms with Crippen molar-refractivity contribution in [1.29, 1.82) is 0 Å². The van der Waals surface area contributed by atoms with Crippen molar-refractivity contribution in [2.24, 2.45) is 0 Å². The molecule has 0 N–H and O–H groups in total. The van der Waals surface area contributed by atoms with E-state index in [9.17, 15) is 27.6 Å². The van der Waals surface area contributed by atoms with E-state index in [-0.39, 0.29) is 37.1 Å². The molecule has 6 nitrogen and oxygen atoms in total. The van der Waals surface area contributed by atoms with Crippen LogP contribution >= 0.6 is 0 Å². The summed E-state index contributed by atoms with van der Waals surface area (Å²) in [4.78, 5) is 39.4. The Hall–Kier alpha value is -3.36. The van der Waals surface area contributed by atoms with Crippen LogP contribution < -0.4 is 0 Å². The number of nitrogens with zero attached hydrogens (tertiary/aromatic N) is 3. The zero-order chi connectivity index (χ0) is 21.6. The van der Waals surface area contributed by atoms with E-state index in [0.29, 0.717) is 5.56 Å². The summed E-state index contributed by atoms with van der Waals surface area (Å²) >= 11 is 0. The Labute approximate surface area is 170 Å². The van der Waals surface area contributed by atoms with Crippen LogP contribution in [0.25, 0.3) is 11.1 Å². The summed E-state index contributed by atoms with van der Waals surface area (Å²) in [5.41, 5.74) is 3.22. The van der Waals surface area contributed by atoms with Crippen LogP contribution in [0, 0.1) is 0 Å². The van der Waals surface area contributed by atoms with Crippen LogP contribution in [0.5, 0.6) is 0 Å². The minimum Gasteiger partial charge on any atom is -0.325 e. The highest BCUT2D eigenvalue weighted by Crippen LogP contribution is 2.31. The Balaban J connectivity index is 1.50. The number of alkyl halides is 3. The summed E-state index contributed by atoms with van der Waals surface area (Å²) < 4.78 is 38.0. The molecule has 0 aliphatic carbocycles. The second-order valence-corrected chi connectivity index (χ2v) is 7.46. The van der Waals surface area contributed by atoms with Crippen molar-refractivity contribution in [3.05, 3.63) is 59.2 Å². The standard InChI is InChI=1S/C21H18F3N3O3/c1-25-11-18(28)27(20(25)30)9-13-2-4-14(5-3-13)15-6-7-17-16(8-15)10-26(19(17)29)12-21(22,23)24/h2-8H,9-12H2,1H3. The van der Waals surface area contributed by atoms with Gasteiger partial charge in [0.2, 0.25) is 0 Å². The van der Waals surface area contributed by atoms with Gasteiger partial charge in [0, 0.05) is 19.2 Å². The number of amides is 4. The van der Waals surface area contributed by atoms with E-state index in [1.165, 1.54) is 9.80 Å². The smallest absolute Gasteiger partial charge is 0.325 e. The van der Waals surface area contributed by atoms with Gasteiger partial charge in [0.1, 0.15) is 13.1 Å². The molecule has 0 aromatic heterocycles. The predicted molar refractivity (Wildman–Crippen MR) is 101 cm³/mol. The number of hydrogen-bond acceptors (Lipinski definition) is 3. The number of carbonyl (C=O) groups excluding carboxylic acids is 3. The third-order valence-corrected chi connectivity index (χ3v) is 5.21. The van der Waals surface area contributed by atoms with Crippen molar-refractivity contribution in [2.75, 3.05) is 20.1 Å². The summed E-state index contributed by atoms with van der Waals surface area (Å²) in [6.45, 7) is -1.11. The van der Waals surface area contributed by atoms with Crippen LogP contribution in [-0.4, -0.2) is 58.9 Å². The van der Waals surface area contributed by atoms with Gasteiger partial charge in [-0.15, -0.1) is 0 Å². The molecular weight excluding hydrogens is 399 g/mol. The van der Waals surface area contributed by atoms with Crippen LogP contribution in [0.4, 0.5) is 18.0 Å². The fourth-order valence-corrected chi connectivity index (χ4v) is 3.71. The van der Waals surface area contributed by atoms with Crippen LogP contribution in [0.15, 0.2) is 42.5 Å². The Morgan fingerprint density at radius 3 is 2.20 bits per heavy atom. The normalized spacial score (nSPS) is 16.7. The molecule has 2 aliphatic heterocycles. The van der Waals surface area contributed by atoms with Crippen LogP contribution in [-0.2, 0) is 17.9 Å². The molecule has 156 valence electrons. The number of fused-ring (bicyclic) bond motifs is 1. The third-order valence-electron chi connectivity index (χ3n) is 5.21. The summed E-state index contributed by atoms with van der Waals surface area (Å²) in [5, 5.41) is 0. The lowest BCUT2D eigenvalue weighted by atomic mass is 9.99.